The van der Waals surface area contributed by atoms with E-state index < -0.39 is 29.4 Å². The highest BCUT2D eigenvalue weighted by atomic mass is 19.4. The smallest absolute Gasteiger partial charge is 0.324 e. The topological polar surface area (TPSA) is 75.6 Å². The minimum atomic E-state index is -4.69. The van der Waals surface area contributed by atoms with E-state index in [1.807, 2.05) is 0 Å². The van der Waals surface area contributed by atoms with Crippen molar-refractivity contribution in [3.8, 4) is 0 Å². The number of hydrogen-bond acceptors (Lipinski definition) is 3. The third-order valence-corrected chi connectivity index (χ3v) is 3.42. The summed E-state index contributed by atoms with van der Waals surface area (Å²) in [6.07, 6.45) is -3.78. The summed E-state index contributed by atoms with van der Waals surface area (Å²) in [5, 5.41) is 6.05. The summed E-state index contributed by atoms with van der Waals surface area (Å²) >= 11 is 0. The van der Waals surface area contributed by atoms with Crippen LogP contribution < -0.4 is 5.32 Å². The number of fused-ring (bicyclic) bond motifs is 1. The molecular weight excluding hydrogens is 323 g/mol. The van der Waals surface area contributed by atoms with Crippen LogP contribution >= 0.6 is 0 Å². The number of halogens is 3. The van der Waals surface area contributed by atoms with E-state index in [0.29, 0.717) is 11.0 Å². The molecule has 2 heterocycles. The number of anilines is 1. The first-order chi connectivity index (χ1) is 11.3. The fourth-order valence-corrected chi connectivity index (χ4v) is 2.39. The molecule has 0 radical (unpaired) electrons. The van der Waals surface area contributed by atoms with E-state index in [1.54, 1.807) is 38.1 Å². The van der Waals surface area contributed by atoms with Gasteiger partial charge in [0.25, 0.3) is 5.91 Å². The Morgan fingerprint density at radius 3 is 2.62 bits per heavy atom. The van der Waals surface area contributed by atoms with Crippen molar-refractivity contribution in [2.75, 3.05) is 5.32 Å². The monoisotopic (exact) mass is 337 g/mol. The molecule has 6 nitrogen and oxygen atoms in total. The predicted octanol–water partition coefficient (Wildman–Crippen LogP) is 3.61. The Kier molecular flexibility index (Phi) is 3.78. The standard InChI is InChI=1S/C15H14F3N5O/c1-8(2)23-12(15(16,17)18)9(7-19-23)13(24)22-14-20-10-5-3-4-6-11(10)21-14/h3-8H,1-2H3,(H2,20,21,22,24). The van der Waals surface area contributed by atoms with Crippen LogP contribution in [0.2, 0.25) is 0 Å². The van der Waals surface area contributed by atoms with Crippen molar-refractivity contribution in [2.24, 2.45) is 0 Å². The number of carbonyl (C=O) groups is 1. The summed E-state index contributed by atoms with van der Waals surface area (Å²) < 4.78 is 40.7. The largest absolute Gasteiger partial charge is 0.433 e. The molecule has 0 fully saturated rings. The summed E-state index contributed by atoms with van der Waals surface area (Å²) in [5.41, 5.74) is -0.355. The van der Waals surface area contributed by atoms with Crippen LogP contribution in [0.1, 0.15) is 35.9 Å². The number of aromatic amines is 1. The third kappa shape index (κ3) is 2.84. The minimum Gasteiger partial charge on any atom is -0.324 e. The van der Waals surface area contributed by atoms with Gasteiger partial charge in [-0.3, -0.25) is 14.8 Å². The molecule has 0 aliphatic rings. The summed E-state index contributed by atoms with van der Waals surface area (Å²) in [4.78, 5) is 19.2. The molecule has 0 aliphatic heterocycles. The van der Waals surface area contributed by atoms with Crippen molar-refractivity contribution in [1.82, 2.24) is 19.7 Å². The molecule has 126 valence electrons. The van der Waals surface area contributed by atoms with Gasteiger partial charge in [0.15, 0.2) is 5.69 Å². The molecule has 1 aromatic carbocycles. The summed E-state index contributed by atoms with van der Waals surface area (Å²) in [7, 11) is 0. The number of benzene rings is 1. The predicted molar refractivity (Wildman–Crippen MR) is 81.7 cm³/mol. The van der Waals surface area contributed by atoms with E-state index in [0.717, 1.165) is 10.9 Å². The van der Waals surface area contributed by atoms with Gasteiger partial charge >= 0.3 is 6.18 Å². The first-order valence-corrected chi connectivity index (χ1v) is 7.18. The van der Waals surface area contributed by atoms with Crippen molar-refractivity contribution in [3.63, 3.8) is 0 Å². The molecule has 0 atom stereocenters. The Bertz CT molecular complexity index is 861. The Hall–Kier alpha value is -2.84. The van der Waals surface area contributed by atoms with Gasteiger partial charge in [-0.15, -0.1) is 0 Å². The van der Waals surface area contributed by atoms with Gasteiger partial charge < -0.3 is 4.98 Å². The molecule has 2 N–H and O–H groups in total. The number of rotatable bonds is 3. The Morgan fingerprint density at radius 2 is 2.00 bits per heavy atom. The Morgan fingerprint density at radius 1 is 1.29 bits per heavy atom. The highest BCUT2D eigenvalue weighted by Gasteiger charge is 2.40. The zero-order valence-corrected chi connectivity index (χ0v) is 12.8. The van der Waals surface area contributed by atoms with Crippen LogP contribution in [-0.2, 0) is 6.18 Å². The molecule has 3 aromatic rings. The van der Waals surface area contributed by atoms with Crippen molar-refractivity contribution in [2.45, 2.75) is 26.1 Å². The number of imidazole rings is 1. The molecule has 1 amide bonds. The zero-order chi connectivity index (χ0) is 17.5. The van der Waals surface area contributed by atoms with Gasteiger partial charge in [-0.1, -0.05) is 12.1 Å². The lowest BCUT2D eigenvalue weighted by molar-refractivity contribution is -0.145. The molecule has 0 bridgehead atoms. The van der Waals surface area contributed by atoms with E-state index in [2.05, 4.69) is 20.4 Å². The summed E-state index contributed by atoms with van der Waals surface area (Å²) in [6.45, 7) is 3.12. The van der Waals surface area contributed by atoms with Crippen molar-refractivity contribution in [1.29, 1.82) is 0 Å². The highest BCUT2D eigenvalue weighted by Crippen LogP contribution is 2.33. The van der Waals surface area contributed by atoms with Gasteiger partial charge in [-0.05, 0) is 26.0 Å². The molecule has 0 saturated heterocycles. The number of hydrogen-bond donors (Lipinski definition) is 2. The van der Waals surface area contributed by atoms with Gasteiger partial charge in [0.1, 0.15) is 0 Å². The number of alkyl halides is 3. The van der Waals surface area contributed by atoms with Crippen molar-refractivity contribution in [3.05, 3.63) is 41.7 Å². The molecule has 2 aromatic heterocycles. The number of nitrogens with zero attached hydrogens (tertiary/aromatic N) is 3. The summed E-state index contributed by atoms with van der Waals surface area (Å²) in [6, 6.07) is 6.48. The van der Waals surface area contributed by atoms with Gasteiger partial charge in [-0.2, -0.15) is 18.3 Å². The van der Waals surface area contributed by atoms with Gasteiger partial charge in [-0.25, -0.2) is 4.98 Å². The lowest BCUT2D eigenvalue weighted by Crippen LogP contribution is -2.22. The maximum absolute atomic E-state index is 13.3. The minimum absolute atomic E-state index is 0.0756. The first kappa shape index (κ1) is 16.0. The second-order valence-electron chi connectivity index (χ2n) is 5.50. The van der Waals surface area contributed by atoms with Crippen LogP contribution in [0.5, 0.6) is 0 Å². The third-order valence-electron chi connectivity index (χ3n) is 3.42. The Labute approximate surface area is 134 Å². The molecule has 0 aliphatic carbocycles. The number of amides is 1. The molecule has 9 heteroatoms. The van der Waals surface area contributed by atoms with E-state index in [1.165, 1.54) is 0 Å². The fourth-order valence-electron chi connectivity index (χ4n) is 2.39. The number of aromatic nitrogens is 4. The van der Waals surface area contributed by atoms with Gasteiger partial charge in [0.2, 0.25) is 5.95 Å². The second-order valence-corrected chi connectivity index (χ2v) is 5.50. The quantitative estimate of drug-likeness (QED) is 0.766. The lowest BCUT2D eigenvalue weighted by atomic mass is 10.2. The van der Waals surface area contributed by atoms with Crippen LogP contribution in [0.25, 0.3) is 11.0 Å². The SMILES string of the molecule is CC(C)n1ncc(C(=O)Nc2nc3ccccc3[nH]2)c1C(F)(F)F. The van der Waals surface area contributed by atoms with Crippen molar-refractivity contribution >= 4 is 22.9 Å². The molecule has 0 unspecified atom stereocenters. The molecular formula is C15H14F3N5O. The van der Waals surface area contributed by atoms with E-state index in [9.17, 15) is 18.0 Å². The normalized spacial score (nSPS) is 12.1. The molecule has 3 rings (SSSR count). The zero-order valence-electron chi connectivity index (χ0n) is 12.8. The van der Waals surface area contributed by atoms with E-state index in [4.69, 9.17) is 0 Å². The maximum Gasteiger partial charge on any atom is 0.433 e. The fraction of sp³-hybridized carbons (Fsp3) is 0.267. The summed E-state index contributed by atoms with van der Waals surface area (Å²) in [5.74, 6) is -0.847. The number of para-hydroxylation sites is 2. The number of nitrogens with one attached hydrogen (secondary N) is 2. The lowest BCUT2D eigenvalue weighted by Gasteiger charge is -2.14. The average molecular weight is 337 g/mol. The van der Waals surface area contributed by atoms with Crippen molar-refractivity contribution < 1.29 is 18.0 Å². The molecule has 0 saturated carbocycles. The first-order valence-electron chi connectivity index (χ1n) is 7.18. The van der Waals surface area contributed by atoms with Crippen LogP contribution in [0.3, 0.4) is 0 Å². The van der Waals surface area contributed by atoms with Crippen LogP contribution in [0.4, 0.5) is 19.1 Å². The Balaban J connectivity index is 1.95. The van der Waals surface area contributed by atoms with Gasteiger partial charge in [0, 0.05) is 6.04 Å². The molecule has 0 spiro atoms. The number of H-pyrrole nitrogens is 1. The number of carbonyl (C=O) groups excluding carboxylic acids is 1. The van der Waals surface area contributed by atoms with Gasteiger partial charge in [0.05, 0.1) is 22.8 Å². The van der Waals surface area contributed by atoms with Crippen LogP contribution in [0.15, 0.2) is 30.5 Å². The van der Waals surface area contributed by atoms with E-state index in [-0.39, 0.29) is 5.95 Å². The maximum atomic E-state index is 13.3. The highest BCUT2D eigenvalue weighted by molar-refractivity contribution is 6.04. The van der Waals surface area contributed by atoms with Crippen LogP contribution in [-0.4, -0.2) is 25.7 Å². The second kappa shape index (κ2) is 5.66. The molecule has 24 heavy (non-hydrogen) atoms. The average Bonchev–Trinajstić information content (AvgIpc) is 3.10. The van der Waals surface area contributed by atoms with E-state index >= 15 is 0 Å². The van der Waals surface area contributed by atoms with Crippen LogP contribution in [0, 0.1) is 0 Å².